The van der Waals surface area contributed by atoms with Crippen molar-refractivity contribution in [3.05, 3.63) is 17.0 Å². The van der Waals surface area contributed by atoms with Crippen LogP contribution in [0.5, 0.6) is 0 Å². The molecule has 0 aromatic carbocycles. The van der Waals surface area contributed by atoms with Crippen LogP contribution in [-0.4, -0.2) is 36.6 Å². The zero-order valence-electron chi connectivity index (χ0n) is 10.4. The average molecular weight is 223 g/mol. The fourth-order valence-corrected chi connectivity index (χ4v) is 2.22. The van der Waals surface area contributed by atoms with Gasteiger partial charge in [0.1, 0.15) is 0 Å². The van der Waals surface area contributed by atoms with E-state index in [2.05, 4.69) is 28.9 Å². The minimum absolute atomic E-state index is 0.469. The first-order valence-corrected chi connectivity index (χ1v) is 6.01. The van der Waals surface area contributed by atoms with Crippen LogP contribution in [0.4, 0.5) is 0 Å². The first kappa shape index (κ1) is 11.6. The van der Waals surface area contributed by atoms with Gasteiger partial charge in [-0.05, 0) is 45.8 Å². The number of rotatable bonds is 5. The lowest BCUT2D eigenvalue weighted by molar-refractivity contribution is -0.0296. The van der Waals surface area contributed by atoms with Gasteiger partial charge in [0.25, 0.3) is 0 Å². The Balaban J connectivity index is 2.08. The minimum atomic E-state index is 0.469. The number of nitrogens with zero attached hydrogens (tertiary/aromatic N) is 2. The highest BCUT2D eigenvalue weighted by Crippen LogP contribution is 2.23. The van der Waals surface area contributed by atoms with Crippen molar-refractivity contribution in [2.45, 2.75) is 32.7 Å². The Kier molecular flexibility index (Phi) is 3.61. The van der Waals surface area contributed by atoms with Crippen LogP contribution in [0, 0.1) is 13.8 Å². The minimum Gasteiger partial charge on any atom is -0.377 e. The number of nitrogens with one attached hydrogen (secondary N) is 1. The third-order valence-electron chi connectivity index (χ3n) is 3.29. The highest BCUT2D eigenvalue weighted by molar-refractivity contribution is 5.25. The van der Waals surface area contributed by atoms with Gasteiger partial charge in [-0.25, -0.2) is 0 Å². The second kappa shape index (κ2) is 4.97. The quantitative estimate of drug-likeness (QED) is 0.763. The zero-order chi connectivity index (χ0) is 11.5. The maximum atomic E-state index is 5.22. The lowest BCUT2D eigenvalue weighted by Crippen LogP contribution is -2.32. The molecular weight excluding hydrogens is 202 g/mol. The van der Waals surface area contributed by atoms with Crippen LogP contribution >= 0.6 is 0 Å². The number of hydrogen-bond donors (Lipinski definition) is 1. The largest absolute Gasteiger partial charge is 0.377 e. The summed E-state index contributed by atoms with van der Waals surface area (Å²) in [5, 5.41) is 7.81. The Morgan fingerprint density at radius 2 is 2.19 bits per heavy atom. The third-order valence-corrected chi connectivity index (χ3v) is 3.29. The Morgan fingerprint density at radius 1 is 1.44 bits per heavy atom. The summed E-state index contributed by atoms with van der Waals surface area (Å²) in [6.07, 6.45) is 2.29. The van der Waals surface area contributed by atoms with Crippen LogP contribution in [0.2, 0.25) is 0 Å². The third kappa shape index (κ3) is 2.13. The molecule has 2 rings (SSSR count). The van der Waals surface area contributed by atoms with Crippen molar-refractivity contribution in [1.82, 2.24) is 15.1 Å². The summed E-state index contributed by atoms with van der Waals surface area (Å²) in [7, 11) is 1.99. The summed E-state index contributed by atoms with van der Waals surface area (Å²) in [5.74, 6) is 0. The number of aromatic nitrogens is 2. The molecule has 0 saturated carbocycles. The van der Waals surface area contributed by atoms with E-state index in [0.717, 1.165) is 26.2 Å². The van der Waals surface area contributed by atoms with Crippen molar-refractivity contribution in [3.63, 3.8) is 0 Å². The van der Waals surface area contributed by atoms with E-state index in [4.69, 9.17) is 4.74 Å². The van der Waals surface area contributed by atoms with Crippen LogP contribution in [0.3, 0.4) is 0 Å². The smallest absolute Gasteiger partial charge is 0.0988 e. The van der Waals surface area contributed by atoms with E-state index in [0.29, 0.717) is 6.04 Å². The van der Waals surface area contributed by atoms with Gasteiger partial charge in [-0.15, -0.1) is 0 Å². The molecule has 16 heavy (non-hydrogen) atoms. The molecule has 0 unspecified atom stereocenters. The second-order valence-electron chi connectivity index (χ2n) is 4.49. The summed E-state index contributed by atoms with van der Waals surface area (Å²) in [6, 6.07) is 0.469. The van der Waals surface area contributed by atoms with Gasteiger partial charge in [0, 0.05) is 5.69 Å². The SMILES string of the molecule is CNCCCc1c(C)nn(C2COC2)c1C. The molecule has 2 heterocycles. The first-order chi connectivity index (χ1) is 7.74. The summed E-state index contributed by atoms with van der Waals surface area (Å²) in [4.78, 5) is 0. The first-order valence-electron chi connectivity index (χ1n) is 6.01. The molecule has 1 aliphatic heterocycles. The lowest BCUT2D eigenvalue weighted by Gasteiger charge is -2.27. The topological polar surface area (TPSA) is 39.1 Å². The van der Waals surface area contributed by atoms with E-state index in [-0.39, 0.29) is 0 Å². The van der Waals surface area contributed by atoms with Crippen LogP contribution in [-0.2, 0) is 11.2 Å². The van der Waals surface area contributed by atoms with Crippen LogP contribution in [0.1, 0.15) is 29.4 Å². The van der Waals surface area contributed by atoms with Gasteiger partial charge in [0.15, 0.2) is 0 Å². The van der Waals surface area contributed by atoms with Gasteiger partial charge in [-0.2, -0.15) is 5.10 Å². The van der Waals surface area contributed by atoms with E-state index < -0.39 is 0 Å². The Bertz CT molecular complexity index is 355. The summed E-state index contributed by atoms with van der Waals surface area (Å²) >= 11 is 0. The van der Waals surface area contributed by atoms with E-state index in [1.165, 1.54) is 23.4 Å². The molecule has 0 spiro atoms. The van der Waals surface area contributed by atoms with Gasteiger partial charge in [-0.1, -0.05) is 0 Å². The van der Waals surface area contributed by atoms with Crippen molar-refractivity contribution >= 4 is 0 Å². The van der Waals surface area contributed by atoms with Gasteiger partial charge in [0.05, 0.1) is 24.9 Å². The second-order valence-corrected chi connectivity index (χ2v) is 4.49. The predicted octanol–water partition coefficient (Wildman–Crippen LogP) is 1.22. The van der Waals surface area contributed by atoms with Crippen LogP contribution < -0.4 is 5.32 Å². The van der Waals surface area contributed by atoms with Crippen molar-refractivity contribution in [2.24, 2.45) is 0 Å². The van der Waals surface area contributed by atoms with Gasteiger partial charge >= 0.3 is 0 Å². The van der Waals surface area contributed by atoms with E-state index in [9.17, 15) is 0 Å². The normalized spacial score (nSPS) is 16.4. The van der Waals surface area contributed by atoms with Crippen LogP contribution in [0.25, 0.3) is 0 Å². The number of aryl methyl sites for hydroxylation is 1. The molecule has 1 aromatic heterocycles. The summed E-state index contributed by atoms with van der Waals surface area (Å²) in [5.41, 5.74) is 3.92. The van der Waals surface area contributed by atoms with E-state index in [1.807, 2.05) is 7.05 Å². The molecule has 0 aliphatic carbocycles. The summed E-state index contributed by atoms with van der Waals surface area (Å²) in [6.45, 7) is 6.98. The zero-order valence-corrected chi connectivity index (χ0v) is 10.4. The molecule has 1 aromatic rings. The Hall–Kier alpha value is -0.870. The van der Waals surface area contributed by atoms with E-state index >= 15 is 0 Å². The molecule has 1 saturated heterocycles. The fourth-order valence-electron chi connectivity index (χ4n) is 2.22. The molecule has 4 nitrogen and oxygen atoms in total. The fraction of sp³-hybridized carbons (Fsp3) is 0.750. The molecule has 0 radical (unpaired) electrons. The molecule has 4 heteroatoms. The molecule has 0 atom stereocenters. The number of ether oxygens (including phenoxy) is 1. The standard InChI is InChI=1S/C12H21N3O/c1-9-12(5-4-6-13-3)10(2)15(14-9)11-7-16-8-11/h11,13H,4-8H2,1-3H3. The highest BCUT2D eigenvalue weighted by Gasteiger charge is 2.24. The van der Waals surface area contributed by atoms with Crippen molar-refractivity contribution < 1.29 is 4.74 Å². The van der Waals surface area contributed by atoms with Crippen molar-refractivity contribution in [3.8, 4) is 0 Å². The van der Waals surface area contributed by atoms with Gasteiger partial charge in [-0.3, -0.25) is 4.68 Å². The maximum Gasteiger partial charge on any atom is 0.0988 e. The van der Waals surface area contributed by atoms with E-state index in [1.54, 1.807) is 0 Å². The highest BCUT2D eigenvalue weighted by atomic mass is 16.5. The Morgan fingerprint density at radius 3 is 2.75 bits per heavy atom. The monoisotopic (exact) mass is 223 g/mol. The van der Waals surface area contributed by atoms with Crippen molar-refractivity contribution in [1.29, 1.82) is 0 Å². The van der Waals surface area contributed by atoms with Gasteiger partial charge < -0.3 is 10.1 Å². The lowest BCUT2D eigenvalue weighted by atomic mass is 10.1. The Labute approximate surface area is 97.0 Å². The molecule has 0 bridgehead atoms. The maximum absolute atomic E-state index is 5.22. The number of hydrogen-bond acceptors (Lipinski definition) is 3. The average Bonchev–Trinajstić information content (AvgIpc) is 2.43. The molecule has 0 amide bonds. The summed E-state index contributed by atoms with van der Waals surface area (Å²) < 4.78 is 7.37. The van der Waals surface area contributed by atoms with Crippen molar-refractivity contribution in [2.75, 3.05) is 26.8 Å². The van der Waals surface area contributed by atoms with Gasteiger partial charge in [0.2, 0.25) is 0 Å². The molecule has 90 valence electrons. The molecule has 1 fully saturated rings. The molecule has 1 aliphatic rings. The van der Waals surface area contributed by atoms with Crippen LogP contribution in [0.15, 0.2) is 0 Å². The molecule has 1 N–H and O–H groups in total. The molecular formula is C12H21N3O. The predicted molar refractivity (Wildman–Crippen MR) is 63.8 cm³/mol.